The molecule has 0 bridgehead atoms. The SMILES string of the molecule is O=C(NCc1nn[nH]n1)Nc1ccc(C(=O)O)cc1. The predicted molar refractivity (Wildman–Crippen MR) is 63.4 cm³/mol. The van der Waals surface area contributed by atoms with Gasteiger partial charge in [0.2, 0.25) is 0 Å². The molecule has 9 nitrogen and oxygen atoms in total. The number of amides is 2. The van der Waals surface area contributed by atoms with Gasteiger partial charge in [0.15, 0.2) is 5.82 Å². The summed E-state index contributed by atoms with van der Waals surface area (Å²) in [5, 5.41) is 26.7. The first kappa shape index (κ1) is 12.5. The molecule has 0 radical (unpaired) electrons. The number of hydrogen-bond acceptors (Lipinski definition) is 5. The number of nitrogens with zero attached hydrogens (tertiary/aromatic N) is 3. The number of aromatic carboxylic acids is 1. The van der Waals surface area contributed by atoms with E-state index in [9.17, 15) is 9.59 Å². The van der Waals surface area contributed by atoms with E-state index in [1.54, 1.807) is 0 Å². The molecule has 0 aliphatic rings. The van der Waals surface area contributed by atoms with Gasteiger partial charge >= 0.3 is 12.0 Å². The van der Waals surface area contributed by atoms with E-state index < -0.39 is 12.0 Å². The van der Waals surface area contributed by atoms with Crippen molar-refractivity contribution in [2.24, 2.45) is 0 Å². The first-order chi connectivity index (χ1) is 9.15. The lowest BCUT2D eigenvalue weighted by atomic mass is 10.2. The Labute approximate surface area is 107 Å². The van der Waals surface area contributed by atoms with Crippen LogP contribution in [0.1, 0.15) is 16.2 Å². The molecule has 0 aliphatic heterocycles. The molecular formula is C10H10N6O3. The summed E-state index contributed by atoms with van der Waals surface area (Å²) < 4.78 is 0. The van der Waals surface area contributed by atoms with E-state index in [1.165, 1.54) is 24.3 Å². The number of carbonyl (C=O) groups is 2. The van der Waals surface area contributed by atoms with E-state index in [2.05, 4.69) is 31.3 Å². The summed E-state index contributed by atoms with van der Waals surface area (Å²) in [7, 11) is 0. The molecule has 0 fully saturated rings. The third-order valence-corrected chi connectivity index (χ3v) is 2.19. The number of urea groups is 1. The molecule has 0 aliphatic carbocycles. The fourth-order valence-electron chi connectivity index (χ4n) is 1.29. The fourth-order valence-corrected chi connectivity index (χ4v) is 1.29. The van der Waals surface area contributed by atoms with Crippen LogP contribution in [0.3, 0.4) is 0 Å². The number of anilines is 1. The summed E-state index contributed by atoms with van der Waals surface area (Å²) in [5.41, 5.74) is 0.633. The van der Waals surface area contributed by atoms with Crippen LogP contribution in [0.15, 0.2) is 24.3 Å². The smallest absolute Gasteiger partial charge is 0.335 e. The van der Waals surface area contributed by atoms with Crippen LogP contribution in [-0.4, -0.2) is 37.7 Å². The number of carboxylic acids is 1. The Bertz CT molecular complexity index is 565. The molecule has 2 amide bonds. The number of hydrogen-bond donors (Lipinski definition) is 4. The maximum atomic E-state index is 11.5. The van der Waals surface area contributed by atoms with Crippen LogP contribution >= 0.6 is 0 Å². The summed E-state index contributed by atoms with van der Waals surface area (Å²) >= 11 is 0. The highest BCUT2D eigenvalue weighted by Crippen LogP contribution is 2.09. The molecule has 0 atom stereocenters. The van der Waals surface area contributed by atoms with E-state index in [0.717, 1.165) is 0 Å². The highest BCUT2D eigenvalue weighted by atomic mass is 16.4. The lowest BCUT2D eigenvalue weighted by Crippen LogP contribution is -2.28. The number of rotatable bonds is 4. The van der Waals surface area contributed by atoms with Gasteiger partial charge in [0.1, 0.15) is 0 Å². The third kappa shape index (κ3) is 3.49. The van der Waals surface area contributed by atoms with E-state index >= 15 is 0 Å². The van der Waals surface area contributed by atoms with E-state index in [4.69, 9.17) is 5.11 Å². The zero-order chi connectivity index (χ0) is 13.7. The molecule has 2 rings (SSSR count). The third-order valence-electron chi connectivity index (χ3n) is 2.19. The Morgan fingerprint density at radius 3 is 2.58 bits per heavy atom. The summed E-state index contributed by atoms with van der Waals surface area (Å²) in [6.07, 6.45) is 0. The van der Waals surface area contributed by atoms with Crippen molar-refractivity contribution in [3.05, 3.63) is 35.7 Å². The van der Waals surface area contributed by atoms with Gasteiger partial charge in [-0.2, -0.15) is 5.21 Å². The lowest BCUT2D eigenvalue weighted by Gasteiger charge is -2.06. The second kappa shape index (κ2) is 5.58. The average molecular weight is 262 g/mol. The Balaban J connectivity index is 1.86. The van der Waals surface area contributed by atoms with Crippen molar-refractivity contribution in [1.29, 1.82) is 0 Å². The summed E-state index contributed by atoms with van der Waals surface area (Å²) in [4.78, 5) is 22.1. The van der Waals surface area contributed by atoms with E-state index in [0.29, 0.717) is 11.5 Å². The maximum Gasteiger partial charge on any atom is 0.335 e. The molecule has 0 saturated carbocycles. The Kier molecular flexibility index (Phi) is 3.67. The summed E-state index contributed by atoms with van der Waals surface area (Å²) in [6, 6.07) is 5.34. The number of carboxylic acid groups (broad SMARTS) is 1. The minimum absolute atomic E-state index is 0.134. The number of benzene rings is 1. The summed E-state index contributed by atoms with van der Waals surface area (Å²) in [5.74, 6) is -0.663. The molecule has 1 aromatic heterocycles. The van der Waals surface area contributed by atoms with Crippen molar-refractivity contribution in [2.75, 3.05) is 5.32 Å². The number of aromatic nitrogens is 4. The Hall–Kier alpha value is -2.97. The van der Waals surface area contributed by atoms with Crippen LogP contribution in [0.5, 0.6) is 0 Å². The number of tetrazole rings is 1. The van der Waals surface area contributed by atoms with Gasteiger partial charge in [0.25, 0.3) is 0 Å². The first-order valence-electron chi connectivity index (χ1n) is 5.25. The van der Waals surface area contributed by atoms with Gasteiger partial charge in [-0.3, -0.25) is 0 Å². The topological polar surface area (TPSA) is 133 Å². The van der Waals surface area contributed by atoms with Crippen LogP contribution in [-0.2, 0) is 6.54 Å². The highest BCUT2D eigenvalue weighted by Gasteiger charge is 2.05. The Morgan fingerprint density at radius 2 is 2.00 bits per heavy atom. The van der Waals surface area contributed by atoms with Crippen molar-refractivity contribution in [1.82, 2.24) is 25.9 Å². The molecule has 1 heterocycles. The van der Waals surface area contributed by atoms with Gasteiger partial charge in [-0.15, -0.1) is 10.2 Å². The zero-order valence-corrected chi connectivity index (χ0v) is 9.62. The number of aromatic amines is 1. The van der Waals surface area contributed by atoms with Gasteiger partial charge in [-0.05, 0) is 24.3 Å². The molecule has 0 spiro atoms. The van der Waals surface area contributed by atoms with Gasteiger partial charge < -0.3 is 15.7 Å². The van der Waals surface area contributed by atoms with Crippen LogP contribution < -0.4 is 10.6 Å². The van der Waals surface area contributed by atoms with Crippen molar-refractivity contribution >= 4 is 17.7 Å². The monoisotopic (exact) mass is 262 g/mol. The molecule has 98 valence electrons. The molecular weight excluding hydrogens is 252 g/mol. The van der Waals surface area contributed by atoms with Gasteiger partial charge in [0, 0.05) is 5.69 Å². The summed E-state index contributed by atoms with van der Waals surface area (Å²) in [6.45, 7) is 0.134. The van der Waals surface area contributed by atoms with Crippen molar-refractivity contribution in [3.8, 4) is 0 Å². The molecule has 1 aromatic carbocycles. The number of carbonyl (C=O) groups excluding carboxylic acids is 1. The minimum Gasteiger partial charge on any atom is -0.478 e. The zero-order valence-electron chi connectivity index (χ0n) is 9.62. The van der Waals surface area contributed by atoms with Gasteiger partial charge in [0.05, 0.1) is 12.1 Å². The second-order valence-electron chi connectivity index (χ2n) is 3.52. The largest absolute Gasteiger partial charge is 0.478 e. The second-order valence-corrected chi connectivity index (χ2v) is 3.52. The Morgan fingerprint density at radius 1 is 1.26 bits per heavy atom. The van der Waals surface area contributed by atoms with Gasteiger partial charge in [-0.25, -0.2) is 9.59 Å². The lowest BCUT2D eigenvalue weighted by molar-refractivity contribution is 0.0697. The average Bonchev–Trinajstić information content (AvgIpc) is 2.90. The van der Waals surface area contributed by atoms with Crippen LogP contribution in [0.4, 0.5) is 10.5 Å². The molecule has 0 unspecified atom stereocenters. The molecule has 2 aromatic rings. The first-order valence-corrected chi connectivity index (χ1v) is 5.25. The van der Waals surface area contributed by atoms with Crippen LogP contribution in [0, 0.1) is 0 Å². The predicted octanol–water partition coefficient (Wildman–Crippen LogP) is 0.220. The standard InChI is InChI=1S/C10H10N6O3/c17-9(18)6-1-3-7(4-2-6)12-10(19)11-5-8-13-15-16-14-8/h1-4H,5H2,(H,17,18)(H2,11,12,19)(H,13,14,15,16). The maximum absolute atomic E-state index is 11.5. The number of H-pyrrole nitrogens is 1. The fraction of sp³-hybridized carbons (Fsp3) is 0.100. The minimum atomic E-state index is -1.02. The van der Waals surface area contributed by atoms with Crippen molar-refractivity contribution in [2.45, 2.75) is 6.54 Å². The van der Waals surface area contributed by atoms with E-state index in [-0.39, 0.29) is 12.1 Å². The molecule has 4 N–H and O–H groups in total. The molecule has 0 saturated heterocycles. The normalized spacial score (nSPS) is 9.89. The van der Waals surface area contributed by atoms with Crippen LogP contribution in [0.2, 0.25) is 0 Å². The van der Waals surface area contributed by atoms with Gasteiger partial charge in [-0.1, -0.05) is 5.21 Å². The quantitative estimate of drug-likeness (QED) is 0.623. The highest BCUT2D eigenvalue weighted by molar-refractivity contribution is 5.91. The molecule has 19 heavy (non-hydrogen) atoms. The molecule has 9 heteroatoms. The van der Waals surface area contributed by atoms with Crippen LogP contribution in [0.25, 0.3) is 0 Å². The van der Waals surface area contributed by atoms with Crippen molar-refractivity contribution < 1.29 is 14.7 Å². The van der Waals surface area contributed by atoms with Crippen molar-refractivity contribution in [3.63, 3.8) is 0 Å². The number of nitrogens with one attached hydrogen (secondary N) is 3. The van der Waals surface area contributed by atoms with E-state index in [1.807, 2.05) is 0 Å².